The lowest BCUT2D eigenvalue weighted by Crippen LogP contribution is -2.57. The zero-order chi connectivity index (χ0) is 28.3. The second kappa shape index (κ2) is 10.5. The van der Waals surface area contributed by atoms with Crippen molar-refractivity contribution in [1.82, 2.24) is 0 Å². The summed E-state index contributed by atoms with van der Waals surface area (Å²) in [6, 6.07) is 4.31. The van der Waals surface area contributed by atoms with Gasteiger partial charge in [0.15, 0.2) is 5.75 Å². The molecule has 4 N–H and O–H groups in total. The van der Waals surface area contributed by atoms with Gasteiger partial charge in [0, 0.05) is 0 Å². The molecule has 0 bridgehead atoms. The summed E-state index contributed by atoms with van der Waals surface area (Å²) in [5, 5.41) is 0. The van der Waals surface area contributed by atoms with Crippen LogP contribution in [0.5, 0.6) is 5.75 Å². The normalized spacial score (nSPS) is 40.0. The van der Waals surface area contributed by atoms with Crippen LogP contribution in [0.2, 0.25) is 0 Å². The molecule has 0 radical (unpaired) electrons. The van der Waals surface area contributed by atoms with Gasteiger partial charge in [0.1, 0.15) is 0 Å². The Balaban J connectivity index is 1.35. The van der Waals surface area contributed by atoms with Crippen molar-refractivity contribution in [3.63, 3.8) is 0 Å². The molecule has 2 unspecified atom stereocenters. The summed E-state index contributed by atoms with van der Waals surface area (Å²) >= 11 is 0. The monoisotopic (exact) mass is 536 g/mol. The van der Waals surface area contributed by atoms with E-state index < -0.39 is 0 Å². The molecule has 9 atom stereocenters. The van der Waals surface area contributed by atoms with Crippen molar-refractivity contribution in [1.29, 1.82) is 0 Å². The zero-order valence-electron chi connectivity index (χ0n) is 26.6. The smallest absolute Gasteiger partial charge is 0.164 e. The number of nitrogen functional groups attached to an aromatic ring is 2. The van der Waals surface area contributed by atoms with Crippen molar-refractivity contribution in [2.45, 2.75) is 125 Å². The highest BCUT2D eigenvalue weighted by atomic mass is 16.5. The quantitative estimate of drug-likeness (QED) is 0.341. The van der Waals surface area contributed by atoms with Gasteiger partial charge >= 0.3 is 0 Å². The van der Waals surface area contributed by atoms with E-state index in [4.69, 9.17) is 16.2 Å². The van der Waals surface area contributed by atoms with E-state index in [0.717, 1.165) is 41.4 Å². The van der Waals surface area contributed by atoms with Crippen LogP contribution in [0.1, 0.15) is 131 Å². The van der Waals surface area contributed by atoms with Crippen molar-refractivity contribution in [3.05, 3.63) is 17.7 Å². The number of hydrogen-bond acceptors (Lipinski definition) is 3. The first-order chi connectivity index (χ1) is 18.3. The highest BCUT2D eigenvalue weighted by molar-refractivity contribution is 5.69. The third-order valence-electron chi connectivity index (χ3n) is 13.6. The summed E-state index contributed by atoms with van der Waals surface area (Å²) in [7, 11) is 1.66. The van der Waals surface area contributed by atoms with Gasteiger partial charge in [0.05, 0.1) is 18.5 Å². The lowest BCUT2D eigenvalue weighted by molar-refractivity contribution is -0.153. The van der Waals surface area contributed by atoms with Gasteiger partial charge in [-0.2, -0.15) is 0 Å². The largest absolute Gasteiger partial charge is 0.492 e. The van der Waals surface area contributed by atoms with E-state index in [2.05, 4.69) is 60.6 Å². The lowest BCUT2D eigenvalue weighted by Gasteiger charge is -2.65. The van der Waals surface area contributed by atoms with Gasteiger partial charge < -0.3 is 16.2 Å². The first-order valence-electron chi connectivity index (χ1n) is 16.6. The maximum absolute atomic E-state index is 6.40. The molecule has 0 heterocycles. The molecule has 4 fully saturated rings. The first-order valence-corrected chi connectivity index (χ1v) is 16.6. The predicted molar refractivity (Wildman–Crippen MR) is 167 cm³/mol. The van der Waals surface area contributed by atoms with Crippen molar-refractivity contribution in [2.24, 2.45) is 57.7 Å². The first kappa shape index (κ1) is 29.1. The van der Waals surface area contributed by atoms with Crippen LogP contribution in [0.3, 0.4) is 0 Å². The average Bonchev–Trinajstić information content (AvgIpc) is 3.20. The molecule has 3 nitrogen and oxygen atoms in total. The molecular weight excluding hydrogens is 476 g/mol. The van der Waals surface area contributed by atoms with E-state index >= 15 is 0 Å². The van der Waals surface area contributed by atoms with Gasteiger partial charge in [0.2, 0.25) is 0 Å². The molecule has 0 saturated heterocycles. The maximum atomic E-state index is 6.40. The van der Waals surface area contributed by atoms with Crippen LogP contribution in [0, 0.1) is 57.7 Å². The van der Waals surface area contributed by atoms with E-state index in [1.807, 2.05) is 0 Å². The summed E-state index contributed by atoms with van der Waals surface area (Å²) in [4.78, 5) is 0. The Morgan fingerprint density at radius 1 is 0.821 bits per heavy atom. The molecule has 4 aliphatic carbocycles. The van der Waals surface area contributed by atoms with Crippen molar-refractivity contribution < 1.29 is 4.74 Å². The number of fused-ring (bicyclic) bond motifs is 5. The molecule has 0 spiro atoms. The minimum atomic E-state index is 0.231. The second-order valence-corrected chi connectivity index (χ2v) is 16.2. The number of ether oxygens (including phenoxy) is 1. The number of methoxy groups -OCH3 is 1. The third-order valence-corrected chi connectivity index (χ3v) is 13.6. The van der Waals surface area contributed by atoms with Crippen LogP contribution in [-0.2, 0) is 0 Å². The minimum Gasteiger partial charge on any atom is -0.492 e. The molecule has 0 amide bonds. The van der Waals surface area contributed by atoms with Crippen molar-refractivity contribution in [3.8, 4) is 5.75 Å². The van der Waals surface area contributed by atoms with Crippen LogP contribution in [0.25, 0.3) is 0 Å². The fraction of sp³-hybridized carbons (Fsp3) is 0.833. The average molecular weight is 537 g/mol. The predicted octanol–water partition coefficient (Wildman–Crippen LogP) is 9.70. The summed E-state index contributed by atoms with van der Waals surface area (Å²) in [6.45, 7) is 17.9. The summed E-state index contributed by atoms with van der Waals surface area (Å²) < 4.78 is 5.47. The Morgan fingerprint density at radius 3 is 2.10 bits per heavy atom. The molecule has 220 valence electrons. The Morgan fingerprint density at radius 2 is 1.46 bits per heavy atom. The standard InChI is InChI=1S/C36H60N2O/c1-22(2)10-9-11-23(3)26-13-14-28-25-12-15-32-34(4,5)27(24-20-30(37)33(39-8)31(38)21-24)16-19-36(32,7)29(25)17-18-35(26,28)6/h20-23,25-29,32H,9-19,37-38H2,1-8H3/t23-,25+,26-,27?,28+,29+,32?,35-,36-/m1/s1. The molecule has 3 heteroatoms. The van der Waals surface area contributed by atoms with E-state index in [1.54, 1.807) is 7.11 Å². The second-order valence-electron chi connectivity index (χ2n) is 16.2. The Bertz CT molecular complexity index is 1010. The topological polar surface area (TPSA) is 61.3 Å². The fourth-order valence-electron chi connectivity index (χ4n) is 11.9. The van der Waals surface area contributed by atoms with Crippen molar-refractivity contribution in [2.75, 3.05) is 18.6 Å². The number of anilines is 2. The number of benzene rings is 1. The van der Waals surface area contributed by atoms with E-state index in [1.165, 1.54) is 76.2 Å². The number of nitrogens with two attached hydrogens (primary N) is 2. The lowest BCUT2D eigenvalue weighted by atomic mass is 9.39. The van der Waals surface area contributed by atoms with Gasteiger partial charge in [-0.1, -0.05) is 67.7 Å². The van der Waals surface area contributed by atoms with Crippen LogP contribution in [0.15, 0.2) is 12.1 Å². The van der Waals surface area contributed by atoms with E-state index in [-0.39, 0.29) is 5.41 Å². The molecule has 1 aromatic carbocycles. The van der Waals surface area contributed by atoms with Gasteiger partial charge in [-0.15, -0.1) is 0 Å². The SMILES string of the molecule is COc1c(N)cc(C2CC[C@@]3(C)C(CC[C@H]4[C@@H]5CC[C@H]([C@H](C)CCCC(C)C)[C@@]5(C)CC[C@@H]43)C2(C)C)cc1N. The fourth-order valence-corrected chi connectivity index (χ4v) is 11.9. The molecule has 0 aliphatic heterocycles. The molecule has 4 saturated carbocycles. The number of hydrogen-bond donors (Lipinski definition) is 2. The summed E-state index contributed by atoms with van der Waals surface area (Å²) in [5.74, 6) is 7.35. The van der Waals surface area contributed by atoms with Gasteiger partial charge in [-0.25, -0.2) is 0 Å². The Hall–Kier alpha value is -1.38. The summed E-state index contributed by atoms with van der Waals surface area (Å²) in [5.41, 5.74) is 16.7. The van der Waals surface area contributed by atoms with E-state index in [0.29, 0.717) is 33.9 Å². The highest BCUT2D eigenvalue weighted by Crippen LogP contribution is 2.72. The molecule has 39 heavy (non-hydrogen) atoms. The molecular formula is C36H60N2O. The maximum Gasteiger partial charge on any atom is 0.164 e. The number of rotatable bonds is 7. The minimum absolute atomic E-state index is 0.231. The van der Waals surface area contributed by atoms with E-state index in [9.17, 15) is 0 Å². The van der Waals surface area contributed by atoms with Gasteiger partial charge in [-0.3, -0.25) is 0 Å². The Labute approximate surface area is 240 Å². The molecule has 0 aromatic heterocycles. The Kier molecular flexibility index (Phi) is 7.82. The molecule has 4 aliphatic rings. The van der Waals surface area contributed by atoms with Crippen LogP contribution in [0.4, 0.5) is 11.4 Å². The summed E-state index contributed by atoms with van der Waals surface area (Å²) in [6.07, 6.45) is 15.6. The molecule has 1 aromatic rings. The van der Waals surface area contributed by atoms with Crippen LogP contribution in [-0.4, -0.2) is 7.11 Å². The van der Waals surface area contributed by atoms with Gasteiger partial charge in [0.25, 0.3) is 0 Å². The highest BCUT2D eigenvalue weighted by Gasteiger charge is 2.63. The van der Waals surface area contributed by atoms with Gasteiger partial charge in [-0.05, 0) is 133 Å². The van der Waals surface area contributed by atoms with Crippen LogP contribution >= 0.6 is 0 Å². The van der Waals surface area contributed by atoms with Crippen LogP contribution < -0.4 is 16.2 Å². The van der Waals surface area contributed by atoms with Crippen molar-refractivity contribution >= 4 is 11.4 Å². The zero-order valence-corrected chi connectivity index (χ0v) is 26.6. The molecule has 5 rings (SSSR count). The third kappa shape index (κ3) is 4.70.